The fourth-order valence-electron chi connectivity index (χ4n) is 0.713. The lowest BCUT2D eigenvalue weighted by Crippen LogP contribution is -2.08. The number of aliphatic hydroxyl groups excluding tert-OH is 1. The van der Waals surface area contributed by atoms with Crippen LogP contribution in [-0.2, 0) is 9.53 Å². The topological polar surface area (TPSA) is 66.8 Å². The van der Waals surface area contributed by atoms with E-state index in [1.54, 1.807) is 0 Å². The van der Waals surface area contributed by atoms with Gasteiger partial charge in [-0.25, -0.2) is 0 Å². The largest absolute Gasteiger partial charge is 0.481 e. The van der Waals surface area contributed by atoms with Gasteiger partial charge in [-0.2, -0.15) is 0 Å². The van der Waals surface area contributed by atoms with Crippen molar-refractivity contribution in [2.24, 2.45) is 0 Å². The monoisotopic (exact) mass is 162 g/mol. The number of rotatable bonds is 6. The van der Waals surface area contributed by atoms with Crippen LogP contribution in [0, 0.1) is 0 Å². The molecular weight excluding hydrogens is 148 g/mol. The van der Waals surface area contributed by atoms with Gasteiger partial charge in [0.1, 0.15) is 0 Å². The average molecular weight is 162 g/mol. The summed E-state index contributed by atoms with van der Waals surface area (Å²) < 4.78 is 4.57. The Balaban J connectivity index is 3.08. The number of methoxy groups -OCH3 is 1. The average Bonchev–Trinajstić information content (AvgIpc) is 1.97. The molecule has 0 aromatic heterocycles. The maximum atomic E-state index is 10.0. The molecule has 0 radical (unpaired) electrons. The first-order valence-electron chi connectivity index (χ1n) is 3.59. The van der Waals surface area contributed by atoms with E-state index in [4.69, 9.17) is 10.2 Å². The van der Waals surface area contributed by atoms with Crippen LogP contribution in [0.25, 0.3) is 0 Å². The van der Waals surface area contributed by atoms with Gasteiger partial charge in [-0.15, -0.1) is 0 Å². The van der Waals surface area contributed by atoms with Gasteiger partial charge in [-0.1, -0.05) is 0 Å². The van der Waals surface area contributed by atoms with Crippen LogP contribution >= 0.6 is 0 Å². The second-order valence-electron chi connectivity index (χ2n) is 2.33. The standard InChI is InChI=1S/C7H14O4/c1-11-7(10)5-3-2-4-6(8)9/h7,10H,2-5H2,1H3,(H,8,9). The second kappa shape index (κ2) is 6.12. The van der Waals surface area contributed by atoms with E-state index in [0.29, 0.717) is 19.3 Å². The molecule has 0 saturated carbocycles. The summed E-state index contributed by atoms with van der Waals surface area (Å²) in [5.74, 6) is -0.795. The number of aliphatic hydroxyl groups is 1. The highest BCUT2D eigenvalue weighted by Crippen LogP contribution is 2.03. The van der Waals surface area contributed by atoms with E-state index in [9.17, 15) is 4.79 Å². The lowest BCUT2D eigenvalue weighted by molar-refractivity contribution is -0.137. The van der Waals surface area contributed by atoms with Crippen molar-refractivity contribution in [1.29, 1.82) is 0 Å². The van der Waals surface area contributed by atoms with Crippen molar-refractivity contribution >= 4 is 5.97 Å². The fraction of sp³-hybridized carbons (Fsp3) is 0.857. The first kappa shape index (κ1) is 10.4. The summed E-state index contributed by atoms with van der Waals surface area (Å²) in [6.45, 7) is 0. The van der Waals surface area contributed by atoms with E-state index in [-0.39, 0.29) is 6.42 Å². The molecular formula is C7H14O4. The SMILES string of the molecule is COC(O)CCCCC(=O)O. The Kier molecular flexibility index (Phi) is 5.78. The van der Waals surface area contributed by atoms with E-state index >= 15 is 0 Å². The van der Waals surface area contributed by atoms with Gasteiger partial charge in [-0.05, 0) is 19.3 Å². The summed E-state index contributed by atoms with van der Waals surface area (Å²) in [7, 11) is 1.42. The van der Waals surface area contributed by atoms with Crippen LogP contribution in [0.15, 0.2) is 0 Å². The van der Waals surface area contributed by atoms with Gasteiger partial charge < -0.3 is 14.9 Å². The summed E-state index contributed by atoms with van der Waals surface area (Å²) in [6.07, 6.45) is 1.20. The number of carbonyl (C=O) groups is 1. The predicted molar refractivity (Wildman–Crippen MR) is 39.1 cm³/mol. The van der Waals surface area contributed by atoms with E-state index in [1.165, 1.54) is 7.11 Å². The highest BCUT2D eigenvalue weighted by atomic mass is 16.6. The van der Waals surface area contributed by atoms with Gasteiger partial charge in [0.2, 0.25) is 0 Å². The molecule has 0 bridgehead atoms. The lowest BCUT2D eigenvalue weighted by Gasteiger charge is -2.06. The van der Waals surface area contributed by atoms with Crippen molar-refractivity contribution in [2.75, 3.05) is 7.11 Å². The van der Waals surface area contributed by atoms with Gasteiger partial charge in [0.25, 0.3) is 0 Å². The van der Waals surface area contributed by atoms with E-state index < -0.39 is 12.3 Å². The van der Waals surface area contributed by atoms with Crippen LogP contribution < -0.4 is 0 Å². The molecule has 0 aromatic carbocycles. The molecule has 0 aliphatic carbocycles. The molecule has 4 heteroatoms. The number of unbranched alkanes of at least 4 members (excludes halogenated alkanes) is 1. The minimum Gasteiger partial charge on any atom is -0.481 e. The normalized spacial score (nSPS) is 12.9. The number of hydrogen-bond acceptors (Lipinski definition) is 3. The summed E-state index contributed by atoms with van der Waals surface area (Å²) in [5.41, 5.74) is 0. The Morgan fingerprint density at radius 2 is 2.18 bits per heavy atom. The van der Waals surface area contributed by atoms with Gasteiger partial charge >= 0.3 is 5.97 Å². The molecule has 1 unspecified atom stereocenters. The van der Waals surface area contributed by atoms with Crippen molar-refractivity contribution in [1.82, 2.24) is 0 Å². The smallest absolute Gasteiger partial charge is 0.303 e. The quantitative estimate of drug-likeness (QED) is 0.443. The van der Waals surface area contributed by atoms with Gasteiger partial charge in [0.05, 0.1) is 0 Å². The van der Waals surface area contributed by atoms with Gasteiger partial charge in [-0.3, -0.25) is 4.79 Å². The molecule has 0 saturated heterocycles. The van der Waals surface area contributed by atoms with Gasteiger partial charge in [0, 0.05) is 13.5 Å². The highest BCUT2D eigenvalue weighted by molar-refractivity contribution is 5.66. The number of aliphatic carboxylic acids is 1. The van der Waals surface area contributed by atoms with Crippen molar-refractivity contribution in [2.45, 2.75) is 32.0 Å². The third-order valence-electron chi connectivity index (χ3n) is 1.36. The summed E-state index contributed by atoms with van der Waals surface area (Å²) in [4.78, 5) is 10.0. The van der Waals surface area contributed by atoms with E-state index in [0.717, 1.165) is 0 Å². The van der Waals surface area contributed by atoms with Crippen LogP contribution in [0.2, 0.25) is 0 Å². The number of carboxylic acids is 1. The molecule has 4 nitrogen and oxygen atoms in total. The lowest BCUT2D eigenvalue weighted by atomic mass is 10.2. The minimum absolute atomic E-state index is 0.163. The van der Waals surface area contributed by atoms with Crippen LogP contribution in [0.1, 0.15) is 25.7 Å². The fourth-order valence-corrected chi connectivity index (χ4v) is 0.713. The maximum absolute atomic E-state index is 10.0. The first-order chi connectivity index (χ1) is 5.16. The summed E-state index contributed by atoms with van der Waals surface area (Å²) in [6, 6.07) is 0. The van der Waals surface area contributed by atoms with E-state index in [1.807, 2.05) is 0 Å². The second-order valence-corrected chi connectivity index (χ2v) is 2.33. The molecule has 2 N–H and O–H groups in total. The predicted octanol–water partition coefficient (Wildman–Crippen LogP) is 0.596. The third-order valence-corrected chi connectivity index (χ3v) is 1.36. The molecule has 1 atom stereocenters. The summed E-state index contributed by atoms with van der Waals surface area (Å²) >= 11 is 0. The molecule has 0 fully saturated rings. The highest BCUT2D eigenvalue weighted by Gasteiger charge is 2.01. The third kappa shape index (κ3) is 7.29. The van der Waals surface area contributed by atoms with Crippen LogP contribution in [-0.4, -0.2) is 29.6 Å². The van der Waals surface area contributed by atoms with Crippen molar-refractivity contribution in [3.05, 3.63) is 0 Å². The molecule has 0 aromatic rings. The zero-order valence-corrected chi connectivity index (χ0v) is 6.62. The van der Waals surface area contributed by atoms with Crippen molar-refractivity contribution in [3.8, 4) is 0 Å². The molecule has 0 spiro atoms. The molecule has 0 rings (SSSR count). The van der Waals surface area contributed by atoms with Gasteiger partial charge in [0.15, 0.2) is 6.29 Å². The zero-order valence-electron chi connectivity index (χ0n) is 6.62. The van der Waals surface area contributed by atoms with Crippen LogP contribution in [0.5, 0.6) is 0 Å². The Morgan fingerprint density at radius 3 is 2.64 bits per heavy atom. The van der Waals surface area contributed by atoms with Crippen LogP contribution in [0.3, 0.4) is 0 Å². The number of carboxylic acid groups (broad SMARTS) is 1. The minimum atomic E-state index is -0.795. The Hall–Kier alpha value is -0.610. The van der Waals surface area contributed by atoms with Crippen LogP contribution in [0.4, 0.5) is 0 Å². The maximum Gasteiger partial charge on any atom is 0.303 e. The Morgan fingerprint density at radius 1 is 1.55 bits per heavy atom. The first-order valence-corrected chi connectivity index (χ1v) is 3.59. The molecule has 0 aliphatic heterocycles. The summed E-state index contributed by atoms with van der Waals surface area (Å²) in [5, 5.41) is 17.1. The molecule has 11 heavy (non-hydrogen) atoms. The van der Waals surface area contributed by atoms with Crippen molar-refractivity contribution in [3.63, 3.8) is 0 Å². The number of hydrogen-bond donors (Lipinski definition) is 2. The molecule has 66 valence electrons. The Labute approximate surface area is 65.8 Å². The Bertz CT molecular complexity index is 113. The zero-order chi connectivity index (χ0) is 8.69. The molecule has 0 aliphatic rings. The number of ether oxygens (including phenoxy) is 1. The molecule has 0 heterocycles. The molecule has 0 amide bonds. The van der Waals surface area contributed by atoms with Crippen molar-refractivity contribution < 1.29 is 19.7 Å². The van der Waals surface area contributed by atoms with E-state index in [2.05, 4.69) is 4.74 Å².